The summed E-state index contributed by atoms with van der Waals surface area (Å²) < 4.78 is 28.2. The predicted molar refractivity (Wildman–Crippen MR) is 238 cm³/mol. The zero-order valence-electron chi connectivity index (χ0n) is 37.0. The van der Waals surface area contributed by atoms with Crippen molar-refractivity contribution in [2.45, 2.75) is 168 Å². The van der Waals surface area contributed by atoms with E-state index in [1.54, 1.807) is 11.6 Å². The van der Waals surface area contributed by atoms with E-state index in [9.17, 15) is 24.0 Å². The lowest BCUT2D eigenvalue weighted by atomic mass is 10.0. The topological polar surface area (TPSA) is 177 Å². The summed E-state index contributed by atoms with van der Waals surface area (Å²) in [5.41, 5.74) is 0.709. The Morgan fingerprint density at radius 2 is 1.40 bits per heavy atom. The molecule has 0 saturated heterocycles. The Bertz CT molecular complexity index is 1230. The molecule has 0 aliphatic carbocycles. The lowest BCUT2D eigenvalue weighted by Crippen LogP contribution is -2.36. The summed E-state index contributed by atoms with van der Waals surface area (Å²) in [4.78, 5) is 61.4. The van der Waals surface area contributed by atoms with Gasteiger partial charge in [-0.05, 0) is 58.4 Å². The van der Waals surface area contributed by atoms with Crippen molar-refractivity contribution in [3.05, 3.63) is 11.9 Å². The van der Waals surface area contributed by atoms with Crippen LogP contribution in [0.2, 0.25) is 0 Å². The number of esters is 3. The maximum absolute atomic E-state index is 12.8. The van der Waals surface area contributed by atoms with E-state index in [2.05, 4.69) is 34.2 Å². The van der Waals surface area contributed by atoms with Gasteiger partial charge in [0.25, 0.3) is 6.47 Å². The van der Waals surface area contributed by atoms with E-state index in [-0.39, 0.29) is 50.8 Å². The summed E-state index contributed by atoms with van der Waals surface area (Å²) in [5.74, 6) is 0.304. The van der Waals surface area contributed by atoms with Gasteiger partial charge in [0.05, 0.1) is 31.9 Å². The summed E-state index contributed by atoms with van der Waals surface area (Å²) in [7, 11) is 3.01. The molecule has 17 heteroatoms. The molecule has 1 heterocycles. The molecule has 0 radical (unpaired) electrons. The average molecular weight is 888 g/mol. The normalized spacial score (nSPS) is 11.1. The van der Waals surface area contributed by atoms with E-state index in [0.29, 0.717) is 75.8 Å². The molecular weight excluding hydrogens is 811 g/mol. The van der Waals surface area contributed by atoms with Crippen LogP contribution in [0.3, 0.4) is 0 Å². The summed E-state index contributed by atoms with van der Waals surface area (Å²) in [6, 6.07) is 0. The van der Waals surface area contributed by atoms with Crippen molar-refractivity contribution in [3.63, 3.8) is 0 Å². The van der Waals surface area contributed by atoms with Crippen molar-refractivity contribution >= 4 is 52.1 Å². The third-order valence-electron chi connectivity index (χ3n) is 9.56. The fourth-order valence-corrected chi connectivity index (χ4v) is 7.92. The number of ether oxygens (including phenoxy) is 5. The van der Waals surface area contributed by atoms with Gasteiger partial charge < -0.3 is 33.9 Å². The Balaban J connectivity index is 2.39. The van der Waals surface area contributed by atoms with Crippen LogP contribution in [0.4, 0.5) is 4.79 Å². The highest BCUT2D eigenvalue weighted by atomic mass is 33.1. The lowest BCUT2D eigenvalue weighted by molar-refractivity contribution is -0.150. The number of unbranched alkanes of at least 4 members (excludes halogenated alkanes) is 12. The number of rotatable bonds is 42. The summed E-state index contributed by atoms with van der Waals surface area (Å²) >= 11 is 0. The second-order valence-electron chi connectivity index (χ2n) is 14.8. The smallest absolute Gasteiger partial charge is 0.409 e. The van der Waals surface area contributed by atoms with Crippen LogP contribution in [0.5, 0.6) is 0 Å². The molecule has 346 valence electrons. The molecule has 0 bridgehead atoms. The molecule has 1 rings (SSSR count). The molecule has 1 aromatic heterocycles. The van der Waals surface area contributed by atoms with Gasteiger partial charge in [-0.15, -0.1) is 5.10 Å². The van der Waals surface area contributed by atoms with Gasteiger partial charge in [0.1, 0.15) is 19.3 Å². The minimum atomic E-state index is -0.536. The molecule has 1 amide bonds. The minimum absolute atomic E-state index is 0.00811. The fourth-order valence-electron chi connectivity index (χ4n) is 6.26. The van der Waals surface area contributed by atoms with Crippen molar-refractivity contribution < 1.29 is 47.7 Å². The highest BCUT2D eigenvalue weighted by molar-refractivity contribution is 8.76. The van der Waals surface area contributed by atoms with Crippen molar-refractivity contribution in [1.29, 1.82) is 0 Å². The molecule has 0 aromatic carbocycles. The Kier molecular flexibility index (Phi) is 36.7. The Morgan fingerprint density at radius 1 is 0.733 bits per heavy atom. The molecule has 0 fully saturated rings. The van der Waals surface area contributed by atoms with Gasteiger partial charge >= 0.3 is 24.0 Å². The van der Waals surface area contributed by atoms with Crippen LogP contribution in [-0.4, -0.2) is 121 Å². The third kappa shape index (κ3) is 32.7. The van der Waals surface area contributed by atoms with Gasteiger partial charge in [-0.1, -0.05) is 111 Å². The monoisotopic (exact) mass is 888 g/mol. The molecule has 0 atom stereocenters. The molecule has 1 N–H and O–H groups in total. The van der Waals surface area contributed by atoms with E-state index in [4.69, 9.17) is 18.9 Å². The number of aryl methyl sites for hydroxylation is 1. The summed E-state index contributed by atoms with van der Waals surface area (Å²) in [5, 5.41) is 11.4. The molecule has 0 unspecified atom stereocenters. The number of aromatic nitrogens is 3. The van der Waals surface area contributed by atoms with Gasteiger partial charge in [-0.3, -0.25) is 23.9 Å². The SMILES string of the molecule is CCCCCCCCC(CCCCCCCC)OC(=O)CCCCCn1cc(CCOC(=O)CCN(CCCNCC(=O)OCC)C(=O)OCCSSCCOC=O)nn1. The van der Waals surface area contributed by atoms with Gasteiger partial charge in [0.15, 0.2) is 0 Å². The first-order valence-electron chi connectivity index (χ1n) is 22.6. The van der Waals surface area contributed by atoms with Crippen LogP contribution in [0, 0.1) is 0 Å². The molecular formula is C43H77N5O10S2. The first-order valence-corrected chi connectivity index (χ1v) is 25.1. The standard InChI is InChI=1S/C43H77N5O10S2/c1-4-7-9-11-13-16-21-39(22-17-14-12-10-8-5-2)58-41(51)23-18-15-19-28-48-36-38(45-46-48)25-30-56-40(50)24-29-47(27-20-26-44-35-42(52)55-6-3)43(53)57-32-34-60-59-33-31-54-37-49/h36-37,39,44H,4-35H2,1-3H3. The lowest BCUT2D eigenvalue weighted by Gasteiger charge is -2.22. The molecule has 15 nitrogen and oxygen atoms in total. The molecule has 1 aromatic rings. The van der Waals surface area contributed by atoms with Crippen molar-refractivity contribution in [2.24, 2.45) is 0 Å². The molecule has 0 saturated carbocycles. The number of carbonyl (C=O) groups is 5. The average Bonchev–Trinajstić information content (AvgIpc) is 3.69. The fraction of sp³-hybridized carbons (Fsp3) is 0.837. The minimum Gasteiger partial charge on any atom is -0.467 e. The third-order valence-corrected chi connectivity index (χ3v) is 11.9. The van der Waals surface area contributed by atoms with E-state index in [1.165, 1.54) is 90.7 Å². The maximum Gasteiger partial charge on any atom is 0.409 e. The van der Waals surface area contributed by atoms with Gasteiger partial charge in [0, 0.05) is 50.2 Å². The zero-order valence-corrected chi connectivity index (χ0v) is 38.7. The number of amides is 1. The van der Waals surface area contributed by atoms with E-state index >= 15 is 0 Å². The van der Waals surface area contributed by atoms with Gasteiger partial charge in [-0.2, -0.15) is 0 Å². The Morgan fingerprint density at radius 3 is 2.08 bits per heavy atom. The quantitative estimate of drug-likeness (QED) is 0.0218. The van der Waals surface area contributed by atoms with Crippen LogP contribution in [0.25, 0.3) is 0 Å². The van der Waals surface area contributed by atoms with Crippen LogP contribution in [0.1, 0.15) is 155 Å². The molecule has 0 aliphatic rings. The summed E-state index contributed by atoms with van der Waals surface area (Å²) in [6.07, 6.45) is 22.1. The Labute approximate surface area is 368 Å². The largest absolute Gasteiger partial charge is 0.467 e. The van der Waals surface area contributed by atoms with Crippen LogP contribution in [-0.2, 0) is 55.8 Å². The molecule has 0 spiro atoms. The summed E-state index contributed by atoms with van der Waals surface area (Å²) in [6.45, 7) is 9.21. The highest BCUT2D eigenvalue weighted by Crippen LogP contribution is 2.21. The molecule has 0 aliphatic heterocycles. The van der Waals surface area contributed by atoms with E-state index in [0.717, 1.165) is 44.9 Å². The molecule has 60 heavy (non-hydrogen) atoms. The van der Waals surface area contributed by atoms with Crippen LogP contribution in [0.15, 0.2) is 6.20 Å². The second kappa shape index (κ2) is 40.0. The number of carbonyl (C=O) groups excluding carboxylic acids is 5. The first-order chi connectivity index (χ1) is 29.3. The first kappa shape index (κ1) is 55.0. The Hall–Kier alpha value is -3.05. The number of nitrogens with zero attached hydrogens (tertiary/aromatic N) is 4. The predicted octanol–water partition coefficient (Wildman–Crippen LogP) is 8.26. The van der Waals surface area contributed by atoms with Crippen LogP contribution >= 0.6 is 21.6 Å². The maximum atomic E-state index is 12.8. The van der Waals surface area contributed by atoms with E-state index < -0.39 is 12.1 Å². The highest BCUT2D eigenvalue weighted by Gasteiger charge is 2.18. The number of hydrogen-bond donors (Lipinski definition) is 1. The van der Waals surface area contributed by atoms with Crippen molar-refractivity contribution in [1.82, 2.24) is 25.2 Å². The van der Waals surface area contributed by atoms with Gasteiger partial charge in [-0.25, -0.2) is 4.79 Å². The number of hydrogen-bond acceptors (Lipinski definition) is 15. The van der Waals surface area contributed by atoms with Gasteiger partial charge in [0.2, 0.25) is 0 Å². The zero-order chi connectivity index (χ0) is 43.7. The van der Waals surface area contributed by atoms with Crippen LogP contribution < -0.4 is 5.32 Å². The number of nitrogens with one attached hydrogen (secondary N) is 1. The second-order valence-corrected chi connectivity index (χ2v) is 17.5. The van der Waals surface area contributed by atoms with E-state index in [1.807, 2.05) is 6.20 Å². The van der Waals surface area contributed by atoms with Crippen molar-refractivity contribution in [3.8, 4) is 0 Å². The van der Waals surface area contributed by atoms with Crippen molar-refractivity contribution in [2.75, 3.05) is 64.1 Å².